The molecule has 13 nitrogen and oxygen atoms in total. The fourth-order valence-electron chi connectivity index (χ4n) is 4.02. The number of nitrogens with zero attached hydrogens (tertiary/aromatic N) is 2. The van der Waals surface area contributed by atoms with Gasteiger partial charge < -0.3 is 19.1 Å². The number of rotatable bonds is 9. The van der Waals surface area contributed by atoms with Crippen LogP contribution in [-0.4, -0.2) is 52.6 Å². The van der Waals surface area contributed by atoms with E-state index in [2.05, 4.69) is 10.1 Å². The Balaban J connectivity index is 1.59. The molecule has 0 aliphatic carbocycles. The van der Waals surface area contributed by atoms with Gasteiger partial charge in [-0.25, -0.2) is 9.36 Å². The Morgan fingerprint density at radius 3 is 2.71 bits per heavy atom. The number of aromatic nitrogens is 2. The van der Waals surface area contributed by atoms with E-state index in [1.807, 2.05) is 24.3 Å². The summed E-state index contributed by atoms with van der Waals surface area (Å²) >= 11 is 0. The normalized spacial score (nSPS) is 23.3. The van der Waals surface area contributed by atoms with E-state index in [0.717, 1.165) is 22.2 Å². The highest BCUT2D eigenvalue weighted by Crippen LogP contribution is 2.48. The number of aliphatic hydroxyl groups is 1. The van der Waals surface area contributed by atoms with Crippen LogP contribution in [0, 0.1) is 17.2 Å². The number of hydrogen-bond donors (Lipinski definition) is 3. The molecule has 2 aromatic carbocycles. The maximum absolute atomic E-state index is 13.9. The van der Waals surface area contributed by atoms with Crippen LogP contribution in [0.3, 0.4) is 0 Å². The lowest BCUT2D eigenvalue weighted by molar-refractivity contribution is -0.142. The fourth-order valence-corrected chi connectivity index (χ4v) is 5.54. The minimum absolute atomic E-state index is 0.205. The molecule has 6 unspecified atom stereocenters. The molecule has 4 rings (SSSR count). The molecule has 38 heavy (non-hydrogen) atoms. The summed E-state index contributed by atoms with van der Waals surface area (Å²) in [7, 11) is -3.16. The van der Waals surface area contributed by atoms with Gasteiger partial charge in [0.1, 0.15) is 29.9 Å². The number of carbonyl (C=O) groups excluding carboxylic acids is 1. The quantitative estimate of drug-likeness (QED) is 0.262. The topological polar surface area (TPSA) is 182 Å². The Morgan fingerprint density at radius 2 is 2.00 bits per heavy atom. The average molecular weight is 544 g/mol. The second-order valence-corrected chi connectivity index (χ2v) is 10.2. The van der Waals surface area contributed by atoms with E-state index >= 15 is 0 Å². The van der Waals surface area contributed by atoms with Crippen molar-refractivity contribution in [1.82, 2.24) is 14.6 Å². The lowest BCUT2D eigenvalue weighted by atomic mass is 10.0. The largest absolute Gasteiger partial charge is 0.468 e. The second kappa shape index (κ2) is 11.3. The predicted molar refractivity (Wildman–Crippen MR) is 133 cm³/mol. The number of H-pyrrole nitrogens is 1. The van der Waals surface area contributed by atoms with Gasteiger partial charge in [0.15, 0.2) is 6.23 Å². The van der Waals surface area contributed by atoms with E-state index in [1.54, 1.807) is 24.3 Å². The van der Waals surface area contributed by atoms with Crippen molar-refractivity contribution in [3.63, 3.8) is 0 Å². The van der Waals surface area contributed by atoms with Gasteiger partial charge in [0.2, 0.25) is 0 Å². The standard InChI is InChI=1S/C24H25N4O9P/c1-14(23(31)34-2)27-38(33,37-18-9-5-7-15-6-3-4-8-16(15)18)35-13-19-21(30)17(12-25)22(36-19)28-11-10-20(29)26-24(28)32/h3-11,14,17,19,21-22,30H,13H2,1-2H3,(H,27,33)(H,26,29,32). The van der Waals surface area contributed by atoms with Gasteiger partial charge in [-0.15, -0.1) is 0 Å². The molecule has 0 bridgehead atoms. The first-order valence-corrected chi connectivity index (χ1v) is 13.0. The molecule has 200 valence electrons. The number of fused-ring (bicyclic) bond motifs is 1. The summed E-state index contributed by atoms with van der Waals surface area (Å²) in [5, 5.41) is 24.3. The third-order valence-corrected chi connectivity index (χ3v) is 7.56. The number of benzene rings is 2. The van der Waals surface area contributed by atoms with Gasteiger partial charge in [0, 0.05) is 17.6 Å². The summed E-state index contributed by atoms with van der Waals surface area (Å²) < 4.78 is 36.6. The molecule has 1 aromatic heterocycles. The van der Waals surface area contributed by atoms with Crippen molar-refractivity contribution in [3.05, 3.63) is 75.6 Å². The predicted octanol–water partition coefficient (Wildman–Crippen LogP) is 1.44. The van der Waals surface area contributed by atoms with Crippen LogP contribution in [0.15, 0.2) is 64.3 Å². The summed E-state index contributed by atoms with van der Waals surface area (Å²) in [6.45, 7) is 0.858. The molecule has 3 N–H and O–H groups in total. The molecular formula is C24H25N4O9P. The Kier molecular flexibility index (Phi) is 8.11. The van der Waals surface area contributed by atoms with Crippen LogP contribution in [0.5, 0.6) is 5.75 Å². The zero-order valence-electron chi connectivity index (χ0n) is 20.3. The van der Waals surface area contributed by atoms with E-state index in [9.17, 15) is 29.3 Å². The van der Waals surface area contributed by atoms with Gasteiger partial charge in [-0.3, -0.25) is 23.7 Å². The molecule has 0 amide bonds. The monoisotopic (exact) mass is 544 g/mol. The maximum atomic E-state index is 13.9. The van der Waals surface area contributed by atoms with Gasteiger partial charge in [-0.05, 0) is 18.4 Å². The molecule has 1 saturated heterocycles. The molecule has 6 atom stereocenters. The van der Waals surface area contributed by atoms with Gasteiger partial charge in [0.05, 0.1) is 19.8 Å². The summed E-state index contributed by atoms with van der Waals surface area (Å²) in [6.07, 6.45) is -2.79. The van der Waals surface area contributed by atoms with Crippen LogP contribution in [0.4, 0.5) is 0 Å². The van der Waals surface area contributed by atoms with Crippen molar-refractivity contribution < 1.29 is 33.0 Å². The first kappa shape index (κ1) is 27.3. The molecule has 0 saturated carbocycles. The van der Waals surface area contributed by atoms with Crippen LogP contribution in [-0.2, 0) is 23.4 Å². The van der Waals surface area contributed by atoms with Crippen LogP contribution in [0.2, 0.25) is 0 Å². The van der Waals surface area contributed by atoms with Gasteiger partial charge >= 0.3 is 19.4 Å². The molecule has 1 aliphatic rings. The van der Waals surface area contributed by atoms with Crippen molar-refractivity contribution in [3.8, 4) is 11.8 Å². The Hall–Kier alpha value is -3.79. The van der Waals surface area contributed by atoms with Gasteiger partial charge in [-0.2, -0.15) is 10.3 Å². The van der Waals surface area contributed by atoms with Crippen LogP contribution in [0.1, 0.15) is 13.2 Å². The molecule has 2 heterocycles. The Morgan fingerprint density at radius 1 is 1.26 bits per heavy atom. The van der Waals surface area contributed by atoms with Crippen molar-refractivity contribution in [2.24, 2.45) is 5.92 Å². The van der Waals surface area contributed by atoms with Crippen molar-refractivity contribution in [1.29, 1.82) is 5.26 Å². The SMILES string of the molecule is COC(=O)C(C)NP(=O)(OCC1OC(n2ccc(=O)[nH]c2=O)C(C#N)C1O)Oc1cccc2ccccc12. The number of aliphatic hydroxyl groups excluding tert-OH is 1. The number of carbonyl (C=O) groups is 1. The molecule has 1 fully saturated rings. The molecule has 3 aromatic rings. The summed E-state index contributed by atoms with van der Waals surface area (Å²) in [4.78, 5) is 37.7. The zero-order valence-corrected chi connectivity index (χ0v) is 21.2. The number of methoxy groups -OCH3 is 1. The molecular weight excluding hydrogens is 519 g/mol. The van der Waals surface area contributed by atoms with Crippen molar-refractivity contribution in [2.75, 3.05) is 13.7 Å². The van der Waals surface area contributed by atoms with Crippen molar-refractivity contribution >= 4 is 24.5 Å². The number of nitrogens with one attached hydrogen (secondary N) is 2. The van der Waals surface area contributed by atoms with Crippen molar-refractivity contribution in [2.45, 2.75) is 31.4 Å². The highest BCUT2D eigenvalue weighted by atomic mass is 31.2. The highest BCUT2D eigenvalue weighted by Gasteiger charge is 2.47. The Labute approximate surface area is 216 Å². The lowest BCUT2D eigenvalue weighted by Gasteiger charge is -2.25. The second-order valence-electron chi connectivity index (χ2n) is 8.46. The Bertz CT molecular complexity index is 1530. The highest BCUT2D eigenvalue weighted by molar-refractivity contribution is 7.52. The van der Waals surface area contributed by atoms with Gasteiger partial charge in [0.25, 0.3) is 5.56 Å². The number of nitriles is 1. The average Bonchev–Trinajstić information content (AvgIpc) is 3.22. The van der Waals surface area contributed by atoms with E-state index in [4.69, 9.17) is 18.5 Å². The number of esters is 1. The summed E-state index contributed by atoms with van der Waals surface area (Å²) in [5.74, 6) is -1.74. The van der Waals surface area contributed by atoms with Crippen LogP contribution < -0.4 is 20.9 Å². The van der Waals surface area contributed by atoms with E-state index < -0.39 is 62.0 Å². The van der Waals surface area contributed by atoms with Crippen LogP contribution >= 0.6 is 7.75 Å². The molecule has 1 aliphatic heterocycles. The third kappa shape index (κ3) is 5.70. The summed E-state index contributed by atoms with van der Waals surface area (Å²) in [6, 6.07) is 14.2. The number of aromatic amines is 1. The molecule has 0 radical (unpaired) electrons. The molecule has 14 heteroatoms. The first-order chi connectivity index (χ1) is 18.2. The smallest absolute Gasteiger partial charge is 0.459 e. The van der Waals surface area contributed by atoms with E-state index in [-0.39, 0.29) is 5.75 Å². The van der Waals surface area contributed by atoms with Crippen LogP contribution in [0.25, 0.3) is 10.8 Å². The third-order valence-electron chi connectivity index (χ3n) is 5.93. The van der Waals surface area contributed by atoms with Gasteiger partial charge in [-0.1, -0.05) is 36.4 Å². The minimum atomic E-state index is -4.32. The fraction of sp³-hybridized carbons (Fsp3) is 0.333. The summed E-state index contributed by atoms with van der Waals surface area (Å²) in [5.41, 5.74) is -1.48. The number of hydrogen-bond acceptors (Lipinski definition) is 10. The number of ether oxygens (including phenoxy) is 2. The van der Waals surface area contributed by atoms with E-state index in [1.165, 1.54) is 14.0 Å². The zero-order chi connectivity index (χ0) is 27.4. The molecule has 0 spiro atoms. The van der Waals surface area contributed by atoms with E-state index in [0.29, 0.717) is 5.39 Å². The maximum Gasteiger partial charge on any atom is 0.459 e. The minimum Gasteiger partial charge on any atom is -0.468 e. The first-order valence-electron chi connectivity index (χ1n) is 11.5. The lowest BCUT2D eigenvalue weighted by Crippen LogP contribution is -2.36.